The first-order chi connectivity index (χ1) is 9.74. The van der Waals surface area contributed by atoms with E-state index in [4.69, 9.17) is 11.5 Å². The summed E-state index contributed by atoms with van der Waals surface area (Å²) in [5.74, 6) is 0. The van der Waals surface area contributed by atoms with Gasteiger partial charge in [-0.15, -0.1) is 0 Å². The second-order valence-corrected chi connectivity index (χ2v) is 5.75. The van der Waals surface area contributed by atoms with Crippen LogP contribution in [0.15, 0.2) is 11.9 Å². The molecule has 0 atom stereocenters. The molecule has 0 unspecified atom stereocenters. The lowest BCUT2D eigenvalue weighted by Crippen LogP contribution is -2.35. The molecule has 0 aromatic carbocycles. The number of nitrogens with one attached hydrogen (secondary N) is 2. The van der Waals surface area contributed by atoms with Gasteiger partial charge in [-0.2, -0.15) is 0 Å². The third-order valence-corrected chi connectivity index (χ3v) is 4.03. The summed E-state index contributed by atoms with van der Waals surface area (Å²) in [7, 11) is 2.28. The van der Waals surface area contributed by atoms with Gasteiger partial charge in [0.2, 0.25) is 0 Å². The van der Waals surface area contributed by atoms with Crippen molar-refractivity contribution in [1.82, 2.24) is 15.5 Å². The van der Waals surface area contributed by atoms with Crippen molar-refractivity contribution in [2.75, 3.05) is 39.8 Å². The summed E-state index contributed by atoms with van der Waals surface area (Å²) < 4.78 is 0. The van der Waals surface area contributed by atoms with E-state index >= 15 is 0 Å². The lowest BCUT2D eigenvalue weighted by Gasteiger charge is -2.31. The third-order valence-electron chi connectivity index (χ3n) is 4.03. The minimum atomic E-state index is 0.411. The van der Waals surface area contributed by atoms with Crippen molar-refractivity contribution in [3.05, 3.63) is 11.9 Å². The number of rotatable bonds is 10. The zero-order chi connectivity index (χ0) is 14.6. The molecule has 5 heteroatoms. The van der Waals surface area contributed by atoms with E-state index in [1.54, 1.807) is 6.20 Å². The normalized spacial score (nSPS) is 17.6. The highest BCUT2D eigenvalue weighted by Gasteiger charge is 2.16. The van der Waals surface area contributed by atoms with Crippen LogP contribution in [0.3, 0.4) is 0 Å². The molecule has 0 aliphatic heterocycles. The molecule has 1 fully saturated rings. The molecule has 0 spiro atoms. The van der Waals surface area contributed by atoms with Gasteiger partial charge >= 0.3 is 0 Å². The van der Waals surface area contributed by atoms with Gasteiger partial charge in [0.1, 0.15) is 0 Å². The lowest BCUT2D eigenvalue weighted by atomic mass is 9.94. The molecule has 118 valence electrons. The average molecular weight is 283 g/mol. The van der Waals surface area contributed by atoms with Gasteiger partial charge in [-0.1, -0.05) is 19.3 Å². The van der Waals surface area contributed by atoms with Crippen LogP contribution in [0.5, 0.6) is 0 Å². The Labute approximate surface area is 124 Å². The molecule has 0 amide bonds. The van der Waals surface area contributed by atoms with Crippen LogP contribution in [0.25, 0.3) is 0 Å². The van der Waals surface area contributed by atoms with Crippen molar-refractivity contribution >= 4 is 0 Å². The largest absolute Gasteiger partial charge is 0.400 e. The topological polar surface area (TPSA) is 79.3 Å². The van der Waals surface area contributed by atoms with Gasteiger partial charge in [0.05, 0.1) is 0 Å². The van der Waals surface area contributed by atoms with E-state index in [2.05, 4.69) is 22.6 Å². The number of hydrogen-bond donors (Lipinski definition) is 4. The van der Waals surface area contributed by atoms with E-state index < -0.39 is 0 Å². The van der Waals surface area contributed by atoms with Gasteiger partial charge < -0.3 is 27.0 Å². The molecule has 1 aliphatic rings. The van der Waals surface area contributed by atoms with Gasteiger partial charge in [-0.05, 0) is 39.4 Å². The molecule has 1 rings (SSSR count). The highest BCUT2D eigenvalue weighted by Crippen LogP contribution is 2.21. The maximum atomic E-state index is 5.59. The Hall–Kier alpha value is -0.780. The van der Waals surface area contributed by atoms with E-state index in [-0.39, 0.29) is 0 Å². The Bertz CT molecular complexity index is 261. The summed E-state index contributed by atoms with van der Waals surface area (Å²) in [6.07, 6.45) is 10.1. The molecular formula is C15H33N5. The predicted molar refractivity (Wildman–Crippen MR) is 86.3 cm³/mol. The highest BCUT2D eigenvalue weighted by molar-refractivity contribution is 4.95. The van der Waals surface area contributed by atoms with E-state index in [0.717, 1.165) is 25.7 Å². The summed E-state index contributed by atoms with van der Waals surface area (Å²) in [4.78, 5) is 2.55. The zero-order valence-electron chi connectivity index (χ0n) is 13.0. The first-order valence-electron chi connectivity index (χ1n) is 8.03. The molecule has 0 heterocycles. The molecule has 0 aromatic rings. The minimum Gasteiger partial charge on any atom is -0.400 e. The van der Waals surface area contributed by atoms with Crippen LogP contribution in [-0.2, 0) is 0 Å². The molecular weight excluding hydrogens is 250 g/mol. The predicted octanol–water partition coefficient (Wildman–Crippen LogP) is 0.579. The van der Waals surface area contributed by atoms with Crippen LogP contribution in [-0.4, -0.2) is 50.7 Å². The Balaban J connectivity index is 1.91. The second kappa shape index (κ2) is 10.9. The van der Waals surface area contributed by atoms with Crippen LogP contribution in [0.2, 0.25) is 0 Å². The van der Waals surface area contributed by atoms with Crippen LogP contribution in [0, 0.1) is 0 Å². The average Bonchev–Trinajstić information content (AvgIpc) is 2.50. The van der Waals surface area contributed by atoms with Crippen LogP contribution in [0.1, 0.15) is 38.5 Å². The van der Waals surface area contributed by atoms with Crippen LogP contribution >= 0.6 is 0 Å². The zero-order valence-corrected chi connectivity index (χ0v) is 13.0. The van der Waals surface area contributed by atoms with E-state index in [0.29, 0.717) is 12.2 Å². The second-order valence-electron chi connectivity index (χ2n) is 5.75. The Morgan fingerprint density at radius 3 is 2.65 bits per heavy atom. The summed E-state index contributed by atoms with van der Waals surface area (Å²) in [6, 6.07) is 0.829. The fourth-order valence-corrected chi connectivity index (χ4v) is 2.71. The van der Waals surface area contributed by atoms with Crippen LogP contribution in [0.4, 0.5) is 0 Å². The van der Waals surface area contributed by atoms with Gasteiger partial charge in [-0.25, -0.2) is 0 Å². The monoisotopic (exact) mass is 283 g/mol. The fraction of sp³-hybridized carbons (Fsp3) is 0.867. The number of nitrogens with two attached hydrogens (primary N) is 2. The van der Waals surface area contributed by atoms with Crippen molar-refractivity contribution in [1.29, 1.82) is 0 Å². The summed E-state index contributed by atoms with van der Waals surface area (Å²) in [6.45, 7) is 4.54. The van der Waals surface area contributed by atoms with Gasteiger partial charge in [-0.3, -0.25) is 0 Å². The molecule has 0 saturated heterocycles. The summed E-state index contributed by atoms with van der Waals surface area (Å²) >= 11 is 0. The fourth-order valence-electron chi connectivity index (χ4n) is 2.71. The van der Waals surface area contributed by atoms with Gasteiger partial charge in [0.25, 0.3) is 0 Å². The first kappa shape index (κ1) is 17.3. The van der Waals surface area contributed by atoms with Gasteiger partial charge in [0.15, 0.2) is 0 Å². The molecule has 20 heavy (non-hydrogen) atoms. The van der Waals surface area contributed by atoms with E-state index in [1.807, 2.05) is 0 Å². The van der Waals surface area contributed by atoms with Crippen molar-refractivity contribution in [2.45, 2.75) is 44.6 Å². The quantitative estimate of drug-likeness (QED) is 0.441. The Morgan fingerprint density at radius 2 is 1.95 bits per heavy atom. The molecule has 6 N–H and O–H groups in total. The highest BCUT2D eigenvalue weighted by atomic mass is 15.1. The number of hydrogen-bond acceptors (Lipinski definition) is 5. The van der Waals surface area contributed by atoms with Gasteiger partial charge in [0, 0.05) is 37.6 Å². The van der Waals surface area contributed by atoms with Crippen molar-refractivity contribution in [2.24, 2.45) is 11.5 Å². The molecule has 0 radical (unpaired) electrons. The standard InChI is InChI=1S/C15H33N5/c1-20(15-6-3-2-4-7-15)11-5-8-18-9-10-19-13-14(17)12-16/h13,15,18-19H,2-12,16-17H2,1H3/b14-13-. The van der Waals surface area contributed by atoms with Crippen molar-refractivity contribution in [3.8, 4) is 0 Å². The Morgan fingerprint density at radius 1 is 1.20 bits per heavy atom. The molecule has 1 saturated carbocycles. The summed E-state index contributed by atoms with van der Waals surface area (Å²) in [5, 5.41) is 6.59. The van der Waals surface area contributed by atoms with E-state index in [9.17, 15) is 0 Å². The first-order valence-corrected chi connectivity index (χ1v) is 8.03. The molecule has 5 nitrogen and oxygen atoms in total. The summed E-state index contributed by atoms with van der Waals surface area (Å²) in [5.41, 5.74) is 11.7. The smallest absolute Gasteiger partial charge is 0.0378 e. The maximum Gasteiger partial charge on any atom is 0.0378 e. The lowest BCUT2D eigenvalue weighted by molar-refractivity contribution is 0.189. The minimum absolute atomic E-state index is 0.411. The molecule has 0 bridgehead atoms. The SMILES string of the molecule is CN(CCCNCCN/C=C(\N)CN)C1CCCCC1. The Kier molecular flexibility index (Phi) is 9.45. The molecule has 0 aromatic heterocycles. The molecule has 1 aliphatic carbocycles. The maximum absolute atomic E-state index is 5.59. The van der Waals surface area contributed by atoms with Crippen molar-refractivity contribution < 1.29 is 0 Å². The van der Waals surface area contributed by atoms with Crippen LogP contribution < -0.4 is 22.1 Å². The number of nitrogens with zero attached hydrogens (tertiary/aromatic N) is 1. The van der Waals surface area contributed by atoms with Crippen molar-refractivity contribution in [3.63, 3.8) is 0 Å². The van der Waals surface area contributed by atoms with E-state index in [1.165, 1.54) is 45.1 Å². The third kappa shape index (κ3) is 7.72.